The van der Waals surface area contributed by atoms with Gasteiger partial charge in [-0.3, -0.25) is 4.79 Å². The molecule has 1 aromatic carbocycles. The molecule has 3 N–H and O–H groups in total. The van der Waals surface area contributed by atoms with Crippen molar-refractivity contribution in [3.8, 4) is 5.75 Å². The molecule has 0 bridgehead atoms. The highest BCUT2D eigenvalue weighted by molar-refractivity contribution is 5.69. The molecule has 6 heteroatoms. The molecule has 0 spiro atoms. The number of carboxylic acids is 1. The summed E-state index contributed by atoms with van der Waals surface area (Å²) in [4.78, 5) is 11.4. The fourth-order valence-corrected chi connectivity index (χ4v) is 5.32. The molecular formula is C27H40O6. The summed E-state index contributed by atoms with van der Waals surface area (Å²) < 4.78 is 11.9. The molecule has 1 unspecified atom stereocenters. The van der Waals surface area contributed by atoms with Gasteiger partial charge in [0.1, 0.15) is 18.5 Å². The lowest BCUT2D eigenvalue weighted by atomic mass is 9.85. The zero-order valence-electron chi connectivity index (χ0n) is 19.9. The predicted molar refractivity (Wildman–Crippen MR) is 127 cm³/mol. The molecule has 1 aliphatic heterocycles. The van der Waals surface area contributed by atoms with Crippen LogP contribution in [-0.2, 0) is 9.53 Å². The van der Waals surface area contributed by atoms with Crippen molar-refractivity contribution in [1.82, 2.24) is 0 Å². The van der Waals surface area contributed by atoms with Gasteiger partial charge in [-0.25, -0.2) is 0 Å². The molecular weight excluding hydrogens is 420 g/mol. The topological polar surface area (TPSA) is 96.2 Å². The molecule has 2 fully saturated rings. The van der Waals surface area contributed by atoms with Gasteiger partial charge in [-0.2, -0.15) is 0 Å². The Balaban J connectivity index is 1.50. The number of aliphatic hydroxyl groups excluding tert-OH is 2. The summed E-state index contributed by atoms with van der Waals surface area (Å²) in [5, 5.41) is 30.4. The van der Waals surface area contributed by atoms with Gasteiger partial charge in [0.2, 0.25) is 0 Å². The molecule has 0 radical (unpaired) electrons. The number of aliphatic carboxylic acids is 1. The van der Waals surface area contributed by atoms with Crippen molar-refractivity contribution >= 4 is 5.97 Å². The van der Waals surface area contributed by atoms with Crippen LogP contribution in [0.25, 0.3) is 0 Å². The number of aryl methyl sites for hydroxylation is 1. The lowest BCUT2D eigenvalue weighted by molar-refractivity contribution is -0.142. The quantitative estimate of drug-likeness (QED) is 0.425. The van der Waals surface area contributed by atoms with Crippen LogP contribution in [0, 0.1) is 30.6 Å². The highest BCUT2D eigenvalue weighted by Crippen LogP contribution is 2.42. The summed E-state index contributed by atoms with van der Waals surface area (Å²) in [7, 11) is 0. The fourth-order valence-electron chi connectivity index (χ4n) is 5.32. The number of ether oxygens (including phenoxy) is 2. The van der Waals surface area contributed by atoms with Crippen LogP contribution in [-0.4, -0.2) is 52.8 Å². The van der Waals surface area contributed by atoms with Crippen LogP contribution in [0.3, 0.4) is 0 Å². The Morgan fingerprint density at radius 2 is 2.12 bits per heavy atom. The van der Waals surface area contributed by atoms with Crippen LogP contribution in [0.2, 0.25) is 0 Å². The van der Waals surface area contributed by atoms with E-state index in [1.807, 2.05) is 44.2 Å². The van der Waals surface area contributed by atoms with Crippen molar-refractivity contribution in [2.24, 2.45) is 23.7 Å². The van der Waals surface area contributed by atoms with Gasteiger partial charge in [0.05, 0.1) is 18.1 Å². The molecule has 1 aliphatic carbocycles. The van der Waals surface area contributed by atoms with E-state index in [9.17, 15) is 20.1 Å². The molecule has 1 saturated carbocycles. The van der Waals surface area contributed by atoms with Gasteiger partial charge < -0.3 is 24.8 Å². The first-order valence-corrected chi connectivity index (χ1v) is 12.5. The van der Waals surface area contributed by atoms with Crippen molar-refractivity contribution < 1.29 is 29.6 Å². The number of rotatable bonds is 11. The number of carbonyl (C=O) groups is 1. The fraction of sp³-hybridized carbons (Fsp3) is 0.667. The second kappa shape index (κ2) is 12.5. The molecule has 1 heterocycles. The van der Waals surface area contributed by atoms with Crippen LogP contribution in [0.1, 0.15) is 57.4 Å². The number of hydrogen-bond acceptors (Lipinski definition) is 5. The molecule has 3 rings (SSSR count). The van der Waals surface area contributed by atoms with Gasteiger partial charge in [-0.1, -0.05) is 37.6 Å². The largest absolute Gasteiger partial charge is 0.491 e. The van der Waals surface area contributed by atoms with E-state index in [1.54, 1.807) is 6.08 Å². The van der Waals surface area contributed by atoms with Crippen LogP contribution in [0.15, 0.2) is 36.4 Å². The van der Waals surface area contributed by atoms with E-state index in [0.29, 0.717) is 25.4 Å². The minimum absolute atomic E-state index is 0.0197. The minimum atomic E-state index is -0.747. The normalized spacial score (nSPS) is 29.4. The van der Waals surface area contributed by atoms with E-state index in [1.165, 1.54) is 0 Å². The standard InChI is InChI=1S/C27H40O6/c1-3-5-20(27(30)31)10-8-19-9-12-24-23(25(29)15-26(24)33-16-19)13-11-21(28)17-32-22-7-4-6-18(2)14-22/h4,6-7,11,13-14,19-21,23-26,28-29H,3,5,8-10,12,15-17H2,1-2H3,(H,30,31)/b13-11+/t19-,20?,21-,23-,24-,25-,26+/m1/s1. The Hall–Kier alpha value is -1.89. The third-order valence-electron chi connectivity index (χ3n) is 7.22. The van der Waals surface area contributed by atoms with Gasteiger partial charge in [0.15, 0.2) is 0 Å². The third kappa shape index (κ3) is 7.56. The van der Waals surface area contributed by atoms with Crippen molar-refractivity contribution in [3.63, 3.8) is 0 Å². The van der Waals surface area contributed by atoms with Crippen LogP contribution in [0.5, 0.6) is 5.75 Å². The zero-order chi connectivity index (χ0) is 23.8. The highest BCUT2D eigenvalue weighted by atomic mass is 16.5. The Labute approximate surface area is 197 Å². The maximum absolute atomic E-state index is 11.4. The van der Waals surface area contributed by atoms with E-state index in [0.717, 1.165) is 43.4 Å². The van der Waals surface area contributed by atoms with Gasteiger partial charge >= 0.3 is 5.97 Å². The summed E-state index contributed by atoms with van der Waals surface area (Å²) in [6, 6.07) is 7.72. The van der Waals surface area contributed by atoms with E-state index in [2.05, 4.69) is 0 Å². The van der Waals surface area contributed by atoms with Gasteiger partial charge in [0.25, 0.3) is 0 Å². The Morgan fingerprint density at radius 1 is 1.30 bits per heavy atom. The molecule has 0 amide bonds. The molecule has 2 aliphatic rings. The van der Waals surface area contributed by atoms with Gasteiger partial charge in [-0.15, -0.1) is 0 Å². The Morgan fingerprint density at radius 3 is 2.85 bits per heavy atom. The van der Waals surface area contributed by atoms with Crippen LogP contribution < -0.4 is 4.74 Å². The number of aliphatic hydroxyl groups is 2. The second-order valence-electron chi connectivity index (χ2n) is 9.84. The summed E-state index contributed by atoms with van der Waals surface area (Å²) >= 11 is 0. The first-order chi connectivity index (χ1) is 15.9. The molecule has 6 nitrogen and oxygen atoms in total. The van der Waals surface area contributed by atoms with E-state index in [-0.39, 0.29) is 30.5 Å². The first kappa shape index (κ1) is 25.7. The lowest BCUT2D eigenvalue weighted by Gasteiger charge is -2.21. The van der Waals surface area contributed by atoms with Gasteiger partial charge in [0, 0.05) is 18.9 Å². The average molecular weight is 461 g/mol. The Bertz CT molecular complexity index is 778. The average Bonchev–Trinajstić information content (AvgIpc) is 2.94. The third-order valence-corrected chi connectivity index (χ3v) is 7.22. The molecule has 184 valence electrons. The summed E-state index contributed by atoms with van der Waals surface area (Å²) in [6.45, 7) is 4.82. The van der Waals surface area contributed by atoms with Crippen molar-refractivity contribution in [2.75, 3.05) is 13.2 Å². The first-order valence-electron chi connectivity index (χ1n) is 12.5. The van der Waals surface area contributed by atoms with Crippen molar-refractivity contribution in [1.29, 1.82) is 0 Å². The maximum Gasteiger partial charge on any atom is 0.306 e. The number of benzene rings is 1. The highest BCUT2D eigenvalue weighted by Gasteiger charge is 2.43. The van der Waals surface area contributed by atoms with Crippen LogP contribution in [0.4, 0.5) is 0 Å². The monoisotopic (exact) mass is 460 g/mol. The smallest absolute Gasteiger partial charge is 0.306 e. The zero-order valence-corrected chi connectivity index (χ0v) is 19.9. The predicted octanol–water partition coefficient (Wildman–Crippen LogP) is 4.36. The summed E-state index contributed by atoms with van der Waals surface area (Å²) in [5.41, 5.74) is 1.10. The molecule has 33 heavy (non-hydrogen) atoms. The van der Waals surface area contributed by atoms with Crippen molar-refractivity contribution in [3.05, 3.63) is 42.0 Å². The lowest BCUT2D eigenvalue weighted by Crippen LogP contribution is -2.22. The van der Waals surface area contributed by atoms with E-state index < -0.39 is 18.2 Å². The number of carboxylic acid groups (broad SMARTS) is 1. The molecule has 0 aromatic heterocycles. The molecule has 1 saturated heterocycles. The molecule has 7 atom stereocenters. The van der Waals surface area contributed by atoms with E-state index >= 15 is 0 Å². The maximum atomic E-state index is 11.4. The second-order valence-corrected chi connectivity index (χ2v) is 9.84. The van der Waals surface area contributed by atoms with Crippen molar-refractivity contribution in [2.45, 2.75) is 77.1 Å². The Kier molecular flexibility index (Phi) is 9.78. The van der Waals surface area contributed by atoms with Gasteiger partial charge in [-0.05, 0) is 68.6 Å². The van der Waals surface area contributed by atoms with E-state index in [4.69, 9.17) is 9.47 Å². The molecule has 1 aromatic rings. The minimum Gasteiger partial charge on any atom is -0.491 e. The number of hydrogen-bond donors (Lipinski definition) is 3. The summed E-state index contributed by atoms with van der Waals surface area (Å²) in [6.07, 6.45) is 8.18. The summed E-state index contributed by atoms with van der Waals surface area (Å²) in [5.74, 6) is 0.312. The SMILES string of the molecule is CCCC(CC[C@@H]1CC[C@@H]2[C@@H](/C=C/[C@@H](O)COc3cccc(C)c3)[C@H](O)C[C@@H]2OC1)C(=O)O. The number of fused-ring (bicyclic) bond motifs is 1. The van der Waals surface area contributed by atoms with Crippen LogP contribution >= 0.6 is 0 Å².